The number of benzene rings is 2. The van der Waals surface area contributed by atoms with Crippen LogP contribution in [0, 0.1) is 5.92 Å². The molecule has 0 atom stereocenters. The van der Waals surface area contributed by atoms with Crippen LogP contribution in [-0.4, -0.2) is 53.6 Å². The first-order valence-electron chi connectivity index (χ1n) is 10.3. The highest BCUT2D eigenvalue weighted by atomic mass is 32.2. The molecule has 1 saturated heterocycles. The van der Waals surface area contributed by atoms with Gasteiger partial charge in [0.1, 0.15) is 0 Å². The number of rotatable bonds is 9. The molecule has 9 nitrogen and oxygen atoms in total. The predicted molar refractivity (Wildman–Crippen MR) is 122 cm³/mol. The molecule has 2 aromatic rings. The summed E-state index contributed by atoms with van der Waals surface area (Å²) in [7, 11) is -2.16. The Hall–Kier alpha value is -2.95. The van der Waals surface area contributed by atoms with Gasteiger partial charge in [-0.25, -0.2) is 13.1 Å². The number of primary amides is 1. The minimum Gasteiger partial charge on any atom is -0.383 e. The Bertz CT molecular complexity index is 1030. The number of carbonyl (C=O) groups is 2. The van der Waals surface area contributed by atoms with Crippen molar-refractivity contribution >= 4 is 33.2 Å². The summed E-state index contributed by atoms with van der Waals surface area (Å²) >= 11 is 0. The number of methoxy groups -OCH3 is 1. The van der Waals surface area contributed by atoms with Crippen LogP contribution in [0.4, 0.5) is 11.4 Å². The molecule has 1 aliphatic heterocycles. The van der Waals surface area contributed by atoms with Crippen molar-refractivity contribution in [1.82, 2.24) is 4.72 Å². The van der Waals surface area contributed by atoms with Gasteiger partial charge in [-0.1, -0.05) is 0 Å². The average molecular weight is 461 g/mol. The Morgan fingerprint density at radius 3 is 2.25 bits per heavy atom. The highest BCUT2D eigenvalue weighted by molar-refractivity contribution is 7.89. The van der Waals surface area contributed by atoms with Crippen molar-refractivity contribution in [2.24, 2.45) is 11.7 Å². The fourth-order valence-corrected chi connectivity index (χ4v) is 4.54. The number of hydrogen-bond acceptors (Lipinski definition) is 6. The zero-order chi connectivity index (χ0) is 23.1. The van der Waals surface area contributed by atoms with Crippen LogP contribution < -0.4 is 20.7 Å². The molecule has 0 saturated carbocycles. The van der Waals surface area contributed by atoms with Crippen LogP contribution in [0.15, 0.2) is 53.4 Å². The fourth-order valence-electron chi connectivity index (χ4n) is 3.53. The lowest BCUT2D eigenvalue weighted by Crippen LogP contribution is -2.38. The summed E-state index contributed by atoms with van der Waals surface area (Å²) < 4.78 is 31.7. The van der Waals surface area contributed by atoms with Crippen molar-refractivity contribution < 1.29 is 22.7 Å². The standard InChI is InChI=1S/C22H28N4O5S/c1-31-15-12-24-32(29,30)20-8-2-17(3-9-20)22(28)25-18-4-6-19(7-5-18)26-13-10-16(11-14-26)21(23)27/h2-9,16,24H,10-15H2,1H3,(H2,23,27)(H,25,28). The van der Waals surface area contributed by atoms with Gasteiger partial charge in [0.2, 0.25) is 15.9 Å². The van der Waals surface area contributed by atoms with E-state index in [1.807, 2.05) is 24.3 Å². The molecule has 4 N–H and O–H groups in total. The monoisotopic (exact) mass is 460 g/mol. The summed E-state index contributed by atoms with van der Waals surface area (Å²) in [5.41, 5.74) is 7.37. The molecule has 0 aliphatic carbocycles. The molecular formula is C22H28N4O5S. The first kappa shape index (κ1) is 23.7. The van der Waals surface area contributed by atoms with Crippen LogP contribution in [0.5, 0.6) is 0 Å². The molecule has 1 aliphatic rings. The summed E-state index contributed by atoms with van der Waals surface area (Å²) in [6, 6.07) is 13.2. The largest absolute Gasteiger partial charge is 0.383 e. The van der Waals surface area contributed by atoms with Gasteiger partial charge in [-0.3, -0.25) is 9.59 Å². The van der Waals surface area contributed by atoms with Gasteiger partial charge >= 0.3 is 0 Å². The van der Waals surface area contributed by atoms with Gasteiger partial charge in [0, 0.05) is 49.6 Å². The van der Waals surface area contributed by atoms with Gasteiger partial charge in [-0.15, -0.1) is 0 Å². The van der Waals surface area contributed by atoms with Crippen LogP contribution in [0.25, 0.3) is 0 Å². The van der Waals surface area contributed by atoms with Gasteiger partial charge in [-0.05, 0) is 61.4 Å². The lowest BCUT2D eigenvalue weighted by Gasteiger charge is -2.32. The molecule has 0 unspecified atom stereocenters. The van der Waals surface area contributed by atoms with Crippen LogP contribution in [0.2, 0.25) is 0 Å². The van der Waals surface area contributed by atoms with E-state index in [0.717, 1.165) is 31.6 Å². The van der Waals surface area contributed by atoms with Crippen LogP contribution in [-0.2, 0) is 19.6 Å². The van der Waals surface area contributed by atoms with Gasteiger partial charge in [0.15, 0.2) is 0 Å². The number of sulfonamides is 1. The third-order valence-electron chi connectivity index (χ3n) is 5.41. The summed E-state index contributed by atoms with van der Waals surface area (Å²) in [5, 5.41) is 2.81. The van der Waals surface area contributed by atoms with Gasteiger partial charge in [0.25, 0.3) is 5.91 Å². The Morgan fingerprint density at radius 1 is 1.06 bits per heavy atom. The average Bonchev–Trinajstić information content (AvgIpc) is 2.80. The van der Waals surface area contributed by atoms with E-state index in [0.29, 0.717) is 11.3 Å². The second kappa shape index (κ2) is 10.6. The number of piperidine rings is 1. The molecule has 0 bridgehead atoms. The quantitative estimate of drug-likeness (QED) is 0.487. The number of anilines is 2. The zero-order valence-corrected chi connectivity index (χ0v) is 18.7. The SMILES string of the molecule is COCCNS(=O)(=O)c1ccc(C(=O)Nc2ccc(N3CCC(C(N)=O)CC3)cc2)cc1. The van der Waals surface area contributed by atoms with E-state index >= 15 is 0 Å². The van der Waals surface area contributed by atoms with Gasteiger partial charge < -0.3 is 20.7 Å². The smallest absolute Gasteiger partial charge is 0.255 e. The molecule has 3 rings (SSSR count). The Morgan fingerprint density at radius 2 is 1.69 bits per heavy atom. The summed E-state index contributed by atoms with van der Waals surface area (Å²) in [6.45, 7) is 1.95. The molecule has 10 heteroatoms. The zero-order valence-electron chi connectivity index (χ0n) is 17.9. The fraction of sp³-hybridized carbons (Fsp3) is 0.364. The Labute approximate surface area is 188 Å². The number of hydrogen-bond donors (Lipinski definition) is 3. The molecule has 1 heterocycles. The normalized spacial score (nSPS) is 14.8. The maximum atomic E-state index is 12.5. The number of nitrogens with two attached hydrogens (primary N) is 1. The molecule has 172 valence electrons. The third kappa shape index (κ3) is 6.06. The molecule has 2 amide bonds. The van der Waals surface area contributed by atoms with Crippen molar-refractivity contribution in [2.45, 2.75) is 17.7 Å². The van der Waals surface area contributed by atoms with E-state index in [9.17, 15) is 18.0 Å². The van der Waals surface area contributed by atoms with E-state index in [2.05, 4.69) is 14.9 Å². The lowest BCUT2D eigenvalue weighted by molar-refractivity contribution is -0.122. The molecule has 32 heavy (non-hydrogen) atoms. The van der Waals surface area contributed by atoms with Gasteiger partial charge in [0.05, 0.1) is 11.5 Å². The molecule has 0 spiro atoms. The van der Waals surface area contributed by atoms with E-state index in [4.69, 9.17) is 10.5 Å². The Kier molecular flexibility index (Phi) is 7.84. The summed E-state index contributed by atoms with van der Waals surface area (Å²) in [4.78, 5) is 26.1. The molecule has 0 radical (unpaired) electrons. The van der Waals surface area contributed by atoms with Crippen molar-refractivity contribution in [2.75, 3.05) is 43.6 Å². The topological polar surface area (TPSA) is 131 Å². The van der Waals surface area contributed by atoms with Crippen molar-refractivity contribution in [3.8, 4) is 0 Å². The van der Waals surface area contributed by atoms with Crippen LogP contribution >= 0.6 is 0 Å². The van der Waals surface area contributed by atoms with Crippen molar-refractivity contribution in [3.05, 3.63) is 54.1 Å². The maximum Gasteiger partial charge on any atom is 0.255 e. The number of ether oxygens (including phenoxy) is 1. The highest BCUT2D eigenvalue weighted by Crippen LogP contribution is 2.24. The highest BCUT2D eigenvalue weighted by Gasteiger charge is 2.23. The molecule has 0 aromatic heterocycles. The van der Waals surface area contributed by atoms with E-state index in [1.54, 1.807) is 0 Å². The first-order valence-corrected chi connectivity index (χ1v) is 11.8. The van der Waals surface area contributed by atoms with Crippen molar-refractivity contribution in [1.29, 1.82) is 0 Å². The second-order valence-corrected chi connectivity index (χ2v) is 9.35. The molecule has 1 fully saturated rings. The number of nitrogens with one attached hydrogen (secondary N) is 2. The first-order chi connectivity index (χ1) is 15.3. The van der Waals surface area contributed by atoms with E-state index < -0.39 is 10.0 Å². The number of nitrogens with zero attached hydrogens (tertiary/aromatic N) is 1. The number of amides is 2. The minimum atomic E-state index is -3.65. The van der Waals surface area contributed by atoms with E-state index in [-0.39, 0.29) is 35.8 Å². The van der Waals surface area contributed by atoms with E-state index in [1.165, 1.54) is 31.4 Å². The maximum absolute atomic E-state index is 12.5. The third-order valence-corrected chi connectivity index (χ3v) is 6.89. The van der Waals surface area contributed by atoms with Crippen LogP contribution in [0.3, 0.4) is 0 Å². The van der Waals surface area contributed by atoms with Gasteiger partial charge in [-0.2, -0.15) is 0 Å². The second-order valence-electron chi connectivity index (χ2n) is 7.58. The predicted octanol–water partition coefficient (Wildman–Crippen LogP) is 1.57. The molecule has 2 aromatic carbocycles. The summed E-state index contributed by atoms with van der Waals surface area (Å²) in [6.07, 6.45) is 1.48. The molecular weight excluding hydrogens is 432 g/mol. The number of carbonyl (C=O) groups excluding carboxylic acids is 2. The van der Waals surface area contributed by atoms with Crippen molar-refractivity contribution in [3.63, 3.8) is 0 Å². The lowest BCUT2D eigenvalue weighted by atomic mass is 9.96. The Balaban J connectivity index is 1.57. The van der Waals surface area contributed by atoms with Crippen LogP contribution in [0.1, 0.15) is 23.2 Å². The minimum absolute atomic E-state index is 0.0627. The summed E-state index contributed by atoms with van der Waals surface area (Å²) in [5.74, 6) is -0.640.